The van der Waals surface area contributed by atoms with E-state index in [9.17, 15) is 28.8 Å². The first-order valence-corrected chi connectivity index (χ1v) is 19.2. The summed E-state index contributed by atoms with van der Waals surface area (Å²) in [6.07, 6.45) is 2.81. The van der Waals surface area contributed by atoms with E-state index in [1.165, 1.54) is 47.1 Å². The lowest BCUT2D eigenvalue weighted by Gasteiger charge is -2.28. The van der Waals surface area contributed by atoms with Crippen molar-refractivity contribution in [1.29, 1.82) is 0 Å². The number of para-hydroxylation sites is 1. The van der Waals surface area contributed by atoms with Gasteiger partial charge in [-0.1, -0.05) is 44.1 Å². The van der Waals surface area contributed by atoms with E-state index in [2.05, 4.69) is 31.1 Å². The summed E-state index contributed by atoms with van der Waals surface area (Å²) in [5.74, 6) is -2.67. The molecule has 4 heterocycles. The number of likely N-dealkylation sites (N-methyl/N-ethyl adjacent to an activating group) is 2. The predicted octanol–water partition coefficient (Wildman–Crippen LogP) is 2.61. The Morgan fingerprint density at radius 3 is 2.42 bits per heavy atom. The molecule has 16 nitrogen and oxygen atoms in total. The Morgan fingerprint density at radius 2 is 1.69 bits per heavy atom. The quantitative estimate of drug-likeness (QED) is 0.227. The zero-order valence-electron chi connectivity index (χ0n) is 32.2. The van der Waals surface area contributed by atoms with Gasteiger partial charge in [0.1, 0.15) is 34.1 Å². The van der Waals surface area contributed by atoms with Crippen LogP contribution in [-0.2, 0) is 32.0 Å². The zero-order valence-corrected chi connectivity index (χ0v) is 33.0. The van der Waals surface area contributed by atoms with Crippen molar-refractivity contribution in [2.24, 2.45) is 5.92 Å². The van der Waals surface area contributed by atoms with Crippen molar-refractivity contribution in [2.75, 3.05) is 40.3 Å². The molecule has 1 aromatic carbocycles. The minimum atomic E-state index is -1.08. The van der Waals surface area contributed by atoms with Gasteiger partial charge in [-0.25, -0.2) is 4.98 Å². The summed E-state index contributed by atoms with van der Waals surface area (Å²) in [5, 5.41) is 15.4. The van der Waals surface area contributed by atoms with Crippen LogP contribution < -0.4 is 16.0 Å². The molecule has 0 aliphatic carbocycles. The van der Waals surface area contributed by atoms with Gasteiger partial charge < -0.3 is 40.2 Å². The highest BCUT2D eigenvalue weighted by Crippen LogP contribution is 2.26. The van der Waals surface area contributed by atoms with Gasteiger partial charge in [0.2, 0.25) is 23.6 Å². The molecule has 1 aliphatic rings. The molecular weight excluding hydrogens is 727 g/mol. The Morgan fingerprint density at radius 1 is 0.964 bits per heavy atom. The summed E-state index contributed by atoms with van der Waals surface area (Å²) in [6.45, 7) is 8.26. The second kappa shape index (κ2) is 17.7. The Labute approximate surface area is 323 Å². The number of aromatic amines is 1. The summed E-state index contributed by atoms with van der Waals surface area (Å²) in [7, 11) is 3.00. The van der Waals surface area contributed by atoms with Gasteiger partial charge >= 0.3 is 0 Å². The maximum Gasteiger partial charge on any atom is 0.271 e. The SMILES string of the molecule is CCc1noc(C)c1C(=O)N1CCN(C)C(=O)[C@H](C)NC(=O)CN(C)C(=O)[C@@H](Cc2c[nH]c3ccccc23)NC(=O)c2csc(n2)[C@H](CC(C)C)NC(=O)C1. The first-order chi connectivity index (χ1) is 26.2. The molecule has 0 spiro atoms. The number of carbonyl (C=O) groups is 6. The Balaban J connectivity index is 1.48. The third-order valence-corrected chi connectivity index (χ3v) is 10.4. The third-order valence-electron chi connectivity index (χ3n) is 9.49. The monoisotopic (exact) mass is 775 g/mol. The first kappa shape index (κ1) is 40.6. The van der Waals surface area contributed by atoms with Crippen LogP contribution in [0.15, 0.2) is 40.4 Å². The van der Waals surface area contributed by atoms with Crippen LogP contribution in [0.25, 0.3) is 10.9 Å². The first-order valence-electron chi connectivity index (χ1n) is 18.3. The molecule has 3 atom stereocenters. The van der Waals surface area contributed by atoms with Crippen LogP contribution >= 0.6 is 11.3 Å². The average Bonchev–Trinajstić information content (AvgIpc) is 3.90. The number of thiazole rings is 1. The smallest absolute Gasteiger partial charge is 0.271 e. The number of hydrogen-bond acceptors (Lipinski definition) is 10. The molecule has 0 fully saturated rings. The molecule has 2 bridgehead atoms. The molecule has 0 saturated heterocycles. The van der Waals surface area contributed by atoms with Gasteiger partial charge in [0, 0.05) is 56.1 Å². The molecular formula is C38H49N9O7S. The second-order valence-corrected chi connectivity index (χ2v) is 15.2. The lowest BCUT2D eigenvalue weighted by molar-refractivity contribution is -0.138. The van der Waals surface area contributed by atoms with Crippen LogP contribution in [-0.4, -0.2) is 118 Å². The van der Waals surface area contributed by atoms with Gasteiger partial charge in [0.15, 0.2) is 0 Å². The van der Waals surface area contributed by atoms with Crippen LogP contribution in [0.5, 0.6) is 0 Å². The standard InChI is InChI=1S/C38H49N9O7S/c1-8-26-33(23(5)54-44-26)38(53)47-14-13-45(6)36(51)22(4)40-31(48)18-46(7)37(52)29(16-24-17-39-27-12-10-9-11-25(24)27)42-34(50)30-20-55-35(43-30)28(15-21(2)3)41-32(49)19-47/h9-12,17,20-22,28-29,39H,8,13-16,18-19H2,1-7H3,(H,40,48)(H,41,49)(H,42,50)/t22-,28-,29+/m0/s1. The Kier molecular flexibility index (Phi) is 13.1. The minimum absolute atomic E-state index is 0.0194. The van der Waals surface area contributed by atoms with E-state index < -0.39 is 53.6 Å². The van der Waals surface area contributed by atoms with Crippen molar-refractivity contribution in [3.8, 4) is 0 Å². The molecule has 4 N–H and O–H groups in total. The number of aromatic nitrogens is 3. The fraction of sp³-hybridized carbons (Fsp3) is 0.474. The largest absolute Gasteiger partial charge is 0.361 e. The van der Waals surface area contributed by atoms with Crippen molar-refractivity contribution < 1.29 is 33.3 Å². The number of hydrogen-bond donors (Lipinski definition) is 4. The molecule has 6 amide bonds. The van der Waals surface area contributed by atoms with Gasteiger partial charge in [-0.3, -0.25) is 28.8 Å². The summed E-state index contributed by atoms with van der Waals surface area (Å²) in [5.41, 5.74) is 2.42. The van der Waals surface area contributed by atoms with Gasteiger partial charge in [0.25, 0.3) is 11.8 Å². The normalized spacial score (nSPS) is 20.0. The molecule has 1 aliphatic heterocycles. The van der Waals surface area contributed by atoms with Crippen LogP contribution in [0.4, 0.5) is 0 Å². The maximum absolute atomic E-state index is 14.0. The maximum atomic E-state index is 14.0. The lowest BCUT2D eigenvalue weighted by Crippen LogP contribution is -2.53. The average molecular weight is 776 g/mol. The molecule has 0 saturated carbocycles. The van der Waals surface area contributed by atoms with Crippen LogP contribution in [0.3, 0.4) is 0 Å². The van der Waals surface area contributed by atoms with Crippen molar-refractivity contribution in [1.82, 2.24) is 45.8 Å². The molecule has 3 aromatic heterocycles. The fourth-order valence-electron chi connectivity index (χ4n) is 6.57. The van der Waals surface area contributed by atoms with E-state index in [1.54, 1.807) is 18.5 Å². The number of H-pyrrole nitrogens is 1. The van der Waals surface area contributed by atoms with E-state index in [0.29, 0.717) is 29.3 Å². The van der Waals surface area contributed by atoms with E-state index in [-0.39, 0.29) is 49.8 Å². The Hall–Kier alpha value is -5.58. The second-order valence-electron chi connectivity index (χ2n) is 14.3. The fourth-order valence-corrected chi connectivity index (χ4v) is 7.44. The number of carbonyl (C=O) groups excluding carboxylic acids is 6. The number of rotatable bonds is 6. The molecule has 294 valence electrons. The number of amides is 6. The van der Waals surface area contributed by atoms with E-state index in [0.717, 1.165) is 16.5 Å². The topological polar surface area (TPSA) is 203 Å². The van der Waals surface area contributed by atoms with Crippen molar-refractivity contribution in [2.45, 2.75) is 72.0 Å². The van der Waals surface area contributed by atoms with Crippen LogP contribution in [0.2, 0.25) is 0 Å². The van der Waals surface area contributed by atoms with Gasteiger partial charge in [-0.2, -0.15) is 0 Å². The number of nitrogens with zero attached hydrogens (tertiary/aromatic N) is 5. The number of nitrogens with one attached hydrogen (secondary N) is 4. The number of benzene rings is 1. The van der Waals surface area contributed by atoms with Gasteiger partial charge in [-0.05, 0) is 44.2 Å². The highest BCUT2D eigenvalue weighted by Gasteiger charge is 2.32. The minimum Gasteiger partial charge on any atom is -0.361 e. The number of fused-ring (bicyclic) bond motifs is 3. The number of aryl methyl sites for hydroxylation is 2. The summed E-state index contributed by atoms with van der Waals surface area (Å²) in [4.78, 5) is 93.8. The molecule has 5 rings (SSSR count). The van der Waals surface area contributed by atoms with Gasteiger partial charge in [-0.15, -0.1) is 11.3 Å². The summed E-state index contributed by atoms with van der Waals surface area (Å²) in [6, 6.07) is 4.94. The van der Waals surface area contributed by atoms with Crippen LogP contribution in [0.1, 0.15) is 83.0 Å². The van der Waals surface area contributed by atoms with Gasteiger partial charge in [0.05, 0.1) is 24.8 Å². The van der Waals surface area contributed by atoms with E-state index in [4.69, 9.17) is 4.52 Å². The van der Waals surface area contributed by atoms with E-state index in [1.807, 2.05) is 45.0 Å². The molecule has 55 heavy (non-hydrogen) atoms. The van der Waals surface area contributed by atoms with Crippen molar-refractivity contribution in [3.63, 3.8) is 0 Å². The highest BCUT2D eigenvalue weighted by atomic mass is 32.1. The lowest BCUT2D eigenvalue weighted by atomic mass is 10.0. The zero-order chi connectivity index (χ0) is 40.0. The van der Waals surface area contributed by atoms with Crippen molar-refractivity contribution >= 4 is 57.7 Å². The predicted molar refractivity (Wildman–Crippen MR) is 205 cm³/mol. The van der Waals surface area contributed by atoms with Crippen molar-refractivity contribution in [3.05, 3.63) is 69.1 Å². The molecule has 4 aromatic rings. The van der Waals surface area contributed by atoms with Crippen LogP contribution in [0, 0.1) is 12.8 Å². The highest BCUT2D eigenvalue weighted by molar-refractivity contribution is 7.09. The molecule has 0 radical (unpaired) electrons. The summed E-state index contributed by atoms with van der Waals surface area (Å²) >= 11 is 1.20. The Bertz CT molecular complexity index is 2050. The molecule has 17 heteroatoms. The summed E-state index contributed by atoms with van der Waals surface area (Å²) < 4.78 is 5.31. The third kappa shape index (κ3) is 9.75. The molecule has 0 unspecified atom stereocenters. The van der Waals surface area contributed by atoms with E-state index >= 15 is 0 Å².